The Morgan fingerprint density at radius 2 is 2.04 bits per heavy atom. The molecule has 9 heteroatoms. The maximum Gasteiger partial charge on any atom is 0.259 e. The molecule has 3 aromatic rings. The van der Waals surface area contributed by atoms with Crippen molar-refractivity contribution >= 4 is 22.9 Å². The molecular weight excluding hydrogens is 356 g/mol. The lowest BCUT2D eigenvalue weighted by Gasteiger charge is -2.10. The van der Waals surface area contributed by atoms with Crippen molar-refractivity contribution in [3.8, 4) is 11.3 Å². The second-order valence-corrected chi connectivity index (χ2v) is 6.66. The van der Waals surface area contributed by atoms with E-state index in [1.54, 1.807) is 25.4 Å². The van der Waals surface area contributed by atoms with E-state index < -0.39 is 5.91 Å². The molecule has 0 bridgehead atoms. The van der Waals surface area contributed by atoms with Gasteiger partial charge in [0.15, 0.2) is 0 Å². The van der Waals surface area contributed by atoms with Crippen LogP contribution in [0.4, 0.5) is 11.4 Å². The Kier molecular flexibility index (Phi) is 4.48. The van der Waals surface area contributed by atoms with Crippen LogP contribution in [0.5, 0.6) is 0 Å². The number of carbonyl (C=O) groups excluding carboxylic acids is 1. The fraction of sp³-hybridized carbons (Fsp3) is 0.211. The third kappa shape index (κ3) is 3.54. The zero-order chi connectivity index (χ0) is 19.7. The van der Waals surface area contributed by atoms with Gasteiger partial charge in [0.2, 0.25) is 0 Å². The molecule has 1 aliphatic rings. The average Bonchev–Trinajstić information content (AvgIpc) is 3.43. The quantitative estimate of drug-likeness (QED) is 0.578. The van der Waals surface area contributed by atoms with Crippen molar-refractivity contribution in [1.82, 2.24) is 24.7 Å². The molecule has 0 aliphatic heterocycles. The molecule has 0 aromatic carbocycles. The lowest BCUT2D eigenvalue weighted by molar-refractivity contribution is -0.111. The molecule has 0 atom stereocenters. The Balaban J connectivity index is 1.52. The van der Waals surface area contributed by atoms with E-state index in [1.807, 2.05) is 10.9 Å². The third-order valence-electron chi connectivity index (χ3n) is 4.51. The number of carbonyl (C=O) groups is 1. The van der Waals surface area contributed by atoms with Crippen molar-refractivity contribution in [1.29, 1.82) is 0 Å². The van der Waals surface area contributed by atoms with Crippen LogP contribution in [-0.4, -0.2) is 30.6 Å². The van der Waals surface area contributed by atoms with Crippen LogP contribution in [0, 0.1) is 6.92 Å². The van der Waals surface area contributed by atoms with Gasteiger partial charge in [-0.05, 0) is 25.8 Å². The number of nitrogens with two attached hydrogens (primary N) is 2. The highest BCUT2D eigenvalue weighted by Gasteiger charge is 2.24. The monoisotopic (exact) mass is 376 g/mol. The van der Waals surface area contributed by atoms with Gasteiger partial charge < -0.3 is 16.8 Å². The first-order valence-corrected chi connectivity index (χ1v) is 8.87. The van der Waals surface area contributed by atoms with Crippen LogP contribution in [0.25, 0.3) is 16.8 Å². The number of nitrogens with zero attached hydrogens (tertiary/aromatic N) is 5. The van der Waals surface area contributed by atoms with E-state index in [1.165, 1.54) is 18.6 Å². The number of hydrogen-bond donors (Lipinski definition) is 3. The predicted octanol–water partition coefficient (Wildman–Crippen LogP) is 1.90. The highest BCUT2D eigenvalue weighted by molar-refractivity contribution is 6.24. The van der Waals surface area contributed by atoms with Crippen molar-refractivity contribution in [2.75, 3.05) is 11.1 Å². The van der Waals surface area contributed by atoms with E-state index in [2.05, 4.69) is 25.4 Å². The lowest BCUT2D eigenvalue weighted by atomic mass is 10.1. The summed E-state index contributed by atoms with van der Waals surface area (Å²) in [6.07, 6.45) is 11.9. The van der Waals surface area contributed by atoms with Crippen molar-refractivity contribution in [3.63, 3.8) is 0 Å². The number of hydrogen-bond acceptors (Lipinski definition) is 7. The molecule has 1 fully saturated rings. The zero-order valence-corrected chi connectivity index (χ0v) is 15.3. The normalized spacial score (nSPS) is 14.1. The van der Waals surface area contributed by atoms with E-state index in [0.29, 0.717) is 34.5 Å². The fourth-order valence-electron chi connectivity index (χ4n) is 2.77. The summed E-state index contributed by atoms with van der Waals surface area (Å²) in [5.41, 5.74) is 15.2. The van der Waals surface area contributed by atoms with Gasteiger partial charge in [-0.1, -0.05) is 0 Å². The largest absolute Gasteiger partial charge is 0.404 e. The molecule has 9 nitrogen and oxygen atoms in total. The van der Waals surface area contributed by atoms with Gasteiger partial charge in [-0.2, -0.15) is 5.10 Å². The van der Waals surface area contributed by atoms with Gasteiger partial charge in [0.25, 0.3) is 5.91 Å². The second kappa shape index (κ2) is 7.10. The Labute approximate surface area is 161 Å². The highest BCUT2D eigenvalue weighted by Crippen LogP contribution is 2.35. The van der Waals surface area contributed by atoms with Crippen LogP contribution >= 0.6 is 0 Å². The van der Waals surface area contributed by atoms with Crippen LogP contribution < -0.4 is 16.8 Å². The summed E-state index contributed by atoms with van der Waals surface area (Å²) in [6, 6.07) is 2.14. The lowest BCUT2D eigenvalue weighted by Crippen LogP contribution is -2.17. The summed E-state index contributed by atoms with van der Waals surface area (Å²) in [6.45, 7) is 1.78. The van der Waals surface area contributed by atoms with Gasteiger partial charge in [-0.15, -0.1) is 0 Å². The van der Waals surface area contributed by atoms with Crippen LogP contribution in [0.15, 0.2) is 43.3 Å². The summed E-state index contributed by atoms with van der Waals surface area (Å²) in [5.74, 6) is -0.415. The third-order valence-corrected chi connectivity index (χ3v) is 4.51. The van der Waals surface area contributed by atoms with Gasteiger partial charge in [-0.3, -0.25) is 24.4 Å². The SMILES string of the molecule is Cc1ncc(N)cc1NC(=O)/C(=C/N)c1cnc(-c2cnn(C3CC3)c2)cn1. The van der Waals surface area contributed by atoms with E-state index in [9.17, 15) is 4.79 Å². The molecular formula is C19H20N8O. The highest BCUT2D eigenvalue weighted by atomic mass is 16.1. The van der Waals surface area contributed by atoms with Gasteiger partial charge in [0.05, 0.1) is 64.9 Å². The number of nitrogens with one attached hydrogen (secondary N) is 1. The molecule has 1 saturated carbocycles. The Morgan fingerprint density at radius 3 is 2.71 bits per heavy atom. The standard InChI is InChI=1S/C19H20N8O/c1-11-16(4-13(21)7-22-11)26-19(28)15(5-20)18-9-23-17(8-24-18)12-6-25-27(10-12)14-2-3-14/h4-10,14H,2-3,20-21H2,1H3,(H,26,28)/b15-5+. The zero-order valence-electron chi connectivity index (χ0n) is 15.3. The van der Waals surface area contributed by atoms with Crippen LogP contribution in [0.3, 0.4) is 0 Å². The van der Waals surface area contributed by atoms with Crippen LogP contribution in [0.1, 0.15) is 30.3 Å². The van der Waals surface area contributed by atoms with Gasteiger partial charge in [0, 0.05) is 18.0 Å². The second-order valence-electron chi connectivity index (χ2n) is 6.66. The molecule has 0 radical (unpaired) electrons. The summed E-state index contributed by atoms with van der Waals surface area (Å²) >= 11 is 0. The molecule has 142 valence electrons. The molecule has 5 N–H and O–H groups in total. The molecule has 0 unspecified atom stereocenters. The van der Waals surface area contributed by atoms with Gasteiger partial charge in [-0.25, -0.2) is 0 Å². The molecule has 28 heavy (non-hydrogen) atoms. The number of aromatic nitrogens is 5. The minimum Gasteiger partial charge on any atom is -0.404 e. The minimum atomic E-state index is -0.415. The molecule has 3 aromatic heterocycles. The van der Waals surface area contributed by atoms with Crippen molar-refractivity contribution < 1.29 is 4.79 Å². The Hall–Kier alpha value is -3.75. The molecule has 1 amide bonds. The number of nitrogen functional groups attached to an aromatic ring is 1. The number of aryl methyl sites for hydroxylation is 1. The van der Waals surface area contributed by atoms with Crippen molar-refractivity contribution in [2.24, 2.45) is 5.73 Å². The average molecular weight is 376 g/mol. The topological polar surface area (TPSA) is 138 Å². The first kappa shape index (κ1) is 17.7. The van der Waals surface area contributed by atoms with E-state index in [0.717, 1.165) is 18.4 Å². The molecule has 0 saturated heterocycles. The maximum absolute atomic E-state index is 12.6. The van der Waals surface area contributed by atoms with E-state index in [-0.39, 0.29) is 5.57 Å². The molecule has 0 spiro atoms. The van der Waals surface area contributed by atoms with Crippen molar-refractivity contribution in [2.45, 2.75) is 25.8 Å². The number of anilines is 2. The predicted molar refractivity (Wildman–Crippen MR) is 106 cm³/mol. The molecule has 1 aliphatic carbocycles. The molecule has 3 heterocycles. The van der Waals surface area contributed by atoms with Crippen LogP contribution in [0.2, 0.25) is 0 Å². The Morgan fingerprint density at radius 1 is 1.21 bits per heavy atom. The number of amides is 1. The Bertz CT molecular complexity index is 1050. The van der Waals surface area contributed by atoms with Crippen LogP contribution in [-0.2, 0) is 4.79 Å². The maximum atomic E-state index is 12.6. The van der Waals surface area contributed by atoms with E-state index >= 15 is 0 Å². The number of pyridine rings is 1. The fourth-order valence-corrected chi connectivity index (χ4v) is 2.77. The van der Waals surface area contributed by atoms with Gasteiger partial charge >= 0.3 is 0 Å². The summed E-state index contributed by atoms with van der Waals surface area (Å²) in [7, 11) is 0. The molecule has 4 rings (SSSR count). The summed E-state index contributed by atoms with van der Waals surface area (Å²) in [5, 5.41) is 7.11. The minimum absolute atomic E-state index is 0.203. The van der Waals surface area contributed by atoms with E-state index in [4.69, 9.17) is 11.5 Å². The number of rotatable bonds is 5. The van der Waals surface area contributed by atoms with Crippen molar-refractivity contribution in [3.05, 3.63) is 54.6 Å². The summed E-state index contributed by atoms with van der Waals surface area (Å²) < 4.78 is 1.95. The summed E-state index contributed by atoms with van der Waals surface area (Å²) in [4.78, 5) is 25.5. The van der Waals surface area contributed by atoms with Gasteiger partial charge in [0.1, 0.15) is 0 Å². The first-order chi connectivity index (χ1) is 13.5. The smallest absolute Gasteiger partial charge is 0.259 e. The first-order valence-electron chi connectivity index (χ1n) is 8.87.